The Labute approximate surface area is 130 Å². The maximum Gasteiger partial charge on any atom is 0.208 e. The van der Waals surface area contributed by atoms with Crippen LogP contribution in [0.4, 0.5) is 0 Å². The van der Waals surface area contributed by atoms with Crippen molar-refractivity contribution in [1.82, 2.24) is 0 Å². The van der Waals surface area contributed by atoms with Crippen molar-refractivity contribution in [3.8, 4) is 28.7 Å². The van der Waals surface area contributed by atoms with Crippen LogP contribution in [0.1, 0.15) is 0 Å². The number of hydrogen-bond donors (Lipinski definition) is 2. The molecule has 1 heterocycles. The predicted molar refractivity (Wildman–Crippen MR) is 83.0 cm³/mol. The van der Waals surface area contributed by atoms with Gasteiger partial charge in [0.1, 0.15) is 33.6 Å². The molecule has 0 spiro atoms. The van der Waals surface area contributed by atoms with Crippen molar-refractivity contribution in [2.75, 3.05) is 21.3 Å². The number of benzene rings is 2. The predicted octanol–water partition coefficient (Wildman–Crippen LogP) is 2.38. The highest BCUT2D eigenvalue weighted by Gasteiger charge is 2.22. The molecule has 0 unspecified atom stereocenters. The van der Waals surface area contributed by atoms with Crippen molar-refractivity contribution in [2.45, 2.75) is 0 Å². The molecule has 2 aromatic carbocycles. The molecule has 0 aliphatic rings. The van der Waals surface area contributed by atoms with Crippen molar-refractivity contribution in [2.24, 2.45) is 0 Å². The monoisotopic (exact) mass is 318 g/mol. The third-order valence-corrected chi connectivity index (χ3v) is 3.56. The first-order valence-electron chi connectivity index (χ1n) is 6.63. The first kappa shape index (κ1) is 14.8. The lowest BCUT2D eigenvalue weighted by atomic mass is 10.1. The molecule has 3 aromatic rings. The molecule has 2 N–H and O–H groups in total. The van der Waals surface area contributed by atoms with Gasteiger partial charge in [0.05, 0.1) is 21.3 Å². The zero-order valence-corrected chi connectivity index (χ0v) is 12.7. The van der Waals surface area contributed by atoms with Crippen LogP contribution in [0.5, 0.6) is 28.7 Å². The van der Waals surface area contributed by atoms with Crippen LogP contribution in [0, 0.1) is 0 Å². The number of hydrogen-bond acceptors (Lipinski definition) is 7. The van der Waals surface area contributed by atoms with Gasteiger partial charge in [-0.1, -0.05) is 0 Å². The van der Waals surface area contributed by atoms with E-state index in [9.17, 15) is 15.0 Å². The largest absolute Gasteiger partial charge is 0.507 e. The average molecular weight is 318 g/mol. The summed E-state index contributed by atoms with van der Waals surface area (Å²) in [5.74, 6) is 0.0741. The highest BCUT2D eigenvalue weighted by Crippen LogP contribution is 2.42. The van der Waals surface area contributed by atoms with Crippen LogP contribution in [0.2, 0.25) is 0 Å². The van der Waals surface area contributed by atoms with Gasteiger partial charge in [0.15, 0.2) is 11.3 Å². The number of methoxy groups -OCH3 is 3. The van der Waals surface area contributed by atoms with Crippen LogP contribution in [-0.2, 0) is 0 Å². The minimum Gasteiger partial charge on any atom is -0.507 e. The van der Waals surface area contributed by atoms with Crippen LogP contribution < -0.4 is 19.6 Å². The number of phenols is 2. The topological polar surface area (TPSA) is 98.4 Å². The molecule has 0 aliphatic heterocycles. The molecule has 3 rings (SSSR count). The van der Waals surface area contributed by atoms with Gasteiger partial charge in [-0.3, -0.25) is 4.79 Å². The summed E-state index contributed by atoms with van der Waals surface area (Å²) in [6.07, 6.45) is 0. The van der Waals surface area contributed by atoms with Gasteiger partial charge in [0.25, 0.3) is 0 Å². The molecule has 1 aromatic heterocycles. The third-order valence-electron chi connectivity index (χ3n) is 3.56. The van der Waals surface area contributed by atoms with Crippen LogP contribution >= 0.6 is 0 Å². The fourth-order valence-electron chi connectivity index (χ4n) is 2.50. The molecule has 0 aliphatic carbocycles. The number of fused-ring (bicyclic) bond motifs is 2. The summed E-state index contributed by atoms with van der Waals surface area (Å²) in [5.41, 5.74) is -0.459. The van der Waals surface area contributed by atoms with Gasteiger partial charge < -0.3 is 28.8 Å². The van der Waals surface area contributed by atoms with Gasteiger partial charge in [-0.25, -0.2) is 0 Å². The van der Waals surface area contributed by atoms with E-state index in [4.69, 9.17) is 18.6 Å². The van der Waals surface area contributed by atoms with Gasteiger partial charge >= 0.3 is 0 Å². The molecule has 0 fully saturated rings. The second kappa shape index (κ2) is 5.28. The molecule has 0 radical (unpaired) electrons. The molecule has 7 nitrogen and oxygen atoms in total. The number of phenolic OH excluding ortho intramolecular Hbond substituents is 2. The molecule has 0 atom stereocenters. The first-order chi connectivity index (χ1) is 11.0. The molecular weight excluding hydrogens is 304 g/mol. The van der Waals surface area contributed by atoms with Crippen molar-refractivity contribution >= 4 is 21.9 Å². The van der Waals surface area contributed by atoms with Crippen molar-refractivity contribution < 1.29 is 28.8 Å². The summed E-state index contributed by atoms with van der Waals surface area (Å²) >= 11 is 0. The SMILES string of the molecule is COc1cc(O)c2c(=O)c3c(O)cc(OC)c(OC)c3oc2c1. The molecule has 0 saturated carbocycles. The van der Waals surface area contributed by atoms with Gasteiger partial charge in [-0.05, 0) is 0 Å². The van der Waals surface area contributed by atoms with E-state index in [0.717, 1.165) is 0 Å². The summed E-state index contributed by atoms with van der Waals surface area (Å²) in [6.45, 7) is 0. The normalized spacial score (nSPS) is 10.9. The molecule has 120 valence electrons. The maximum atomic E-state index is 12.7. The molecule has 0 saturated heterocycles. The van der Waals surface area contributed by atoms with Crippen LogP contribution in [-0.4, -0.2) is 31.5 Å². The van der Waals surface area contributed by atoms with E-state index in [2.05, 4.69) is 0 Å². The van der Waals surface area contributed by atoms with Crippen LogP contribution in [0.25, 0.3) is 21.9 Å². The Balaban J connectivity index is 2.58. The Kier molecular flexibility index (Phi) is 3.40. The lowest BCUT2D eigenvalue weighted by molar-refractivity contribution is 0.351. The fourth-order valence-corrected chi connectivity index (χ4v) is 2.50. The molecule has 0 bridgehead atoms. The van der Waals surface area contributed by atoms with E-state index in [1.54, 1.807) is 0 Å². The van der Waals surface area contributed by atoms with E-state index in [1.165, 1.54) is 39.5 Å². The van der Waals surface area contributed by atoms with E-state index in [0.29, 0.717) is 5.75 Å². The highest BCUT2D eigenvalue weighted by atomic mass is 16.5. The minimum atomic E-state index is -0.583. The van der Waals surface area contributed by atoms with Crippen molar-refractivity contribution in [3.05, 3.63) is 28.4 Å². The second-order valence-corrected chi connectivity index (χ2v) is 4.79. The molecular formula is C16H14O7. The zero-order valence-electron chi connectivity index (χ0n) is 12.7. The minimum absolute atomic E-state index is 0.0227. The van der Waals surface area contributed by atoms with Crippen molar-refractivity contribution in [1.29, 1.82) is 0 Å². The number of aromatic hydroxyl groups is 2. The highest BCUT2D eigenvalue weighted by molar-refractivity contribution is 5.99. The first-order valence-corrected chi connectivity index (χ1v) is 6.63. The van der Waals surface area contributed by atoms with E-state index in [-0.39, 0.29) is 44.9 Å². The summed E-state index contributed by atoms with van der Waals surface area (Å²) in [5, 5.41) is 20.0. The van der Waals surface area contributed by atoms with Gasteiger partial charge in [-0.15, -0.1) is 0 Å². The smallest absolute Gasteiger partial charge is 0.208 e. The van der Waals surface area contributed by atoms with Gasteiger partial charge in [0.2, 0.25) is 11.2 Å². The molecule has 23 heavy (non-hydrogen) atoms. The Hall–Kier alpha value is -3.09. The summed E-state index contributed by atoms with van der Waals surface area (Å²) in [7, 11) is 4.22. The number of rotatable bonds is 3. The lowest BCUT2D eigenvalue weighted by Crippen LogP contribution is -2.05. The quantitative estimate of drug-likeness (QED) is 0.715. The Morgan fingerprint density at radius 3 is 2.22 bits per heavy atom. The Morgan fingerprint density at radius 2 is 1.61 bits per heavy atom. The molecule has 7 heteroatoms. The summed E-state index contributed by atoms with van der Waals surface area (Å²) in [4.78, 5) is 12.7. The van der Waals surface area contributed by atoms with Gasteiger partial charge in [0, 0.05) is 18.2 Å². The second-order valence-electron chi connectivity index (χ2n) is 4.79. The maximum absolute atomic E-state index is 12.7. The van der Waals surface area contributed by atoms with Crippen LogP contribution in [0.3, 0.4) is 0 Å². The summed E-state index contributed by atoms with van der Waals surface area (Å²) in [6, 6.07) is 4.01. The molecule has 0 amide bonds. The summed E-state index contributed by atoms with van der Waals surface area (Å²) < 4.78 is 21.1. The van der Waals surface area contributed by atoms with E-state index in [1.807, 2.05) is 0 Å². The third kappa shape index (κ3) is 2.09. The van der Waals surface area contributed by atoms with Gasteiger partial charge in [-0.2, -0.15) is 0 Å². The Bertz CT molecular complexity index is 972. The zero-order chi connectivity index (χ0) is 16.7. The van der Waals surface area contributed by atoms with E-state index >= 15 is 0 Å². The standard InChI is InChI=1S/C16H14O7/c1-20-7-4-8(17)12-10(5-7)23-16-13(14(12)19)9(18)6-11(21-2)15(16)22-3/h4-6,17-18H,1-3H3. The van der Waals surface area contributed by atoms with E-state index < -0.39 is 5.43 Å². The van der Waals surface area contributed by atoms with Crippen LogP contribution in [0.15, 0.2) is 27.4 Å². The number of ether oxygens (including phenoxy) is 3. The fraction of sp³-hybridized carbons (Fsp3) is 0.188. The Morgan fingerprint density at radius 1 is 0.913 bits per heavy atom. The average Bonchev–Trinajstić information content (AvgIpc) is 2.53. The lowest BCUT2D eigenvalue weighted by Gasteiger charge is -2.12. The van der Waals surface area contributed by atoms with Crippen molar-refractivity contribution in [3.63, 3.8) is 0 Å².